The summed E-state index contributed by atoms with van der Waals surface area (Å²) in [6.45, 7) is -0.0778. The molecule has 8 heteroatoms. The van der Waals surface area contributed by atoms with Crippen molar-refractivity contribution < 1.29 is 22.8 Å². The van der Waals surface area contributed by atoms with Crippen molar-refractivity contribution in [1.82, 2.24) is 15.1 Å². The third-order valence-electron chi connectivity index (χ3n) is 3.41. The number of likely N-dealkylation sites (N-methyl/N-ethyl adjacent to an activating group) is 2. The van der Waals surface area contributed by atoms with Crippen molar-refractivity contribution >= 4 is 11.9 Å². The van der Waals surface area contributed by atoms with Gasteiger partial charge in [-0.2, -0.15) is 0 Å². The molecule has 1 aliphatic rings. The molecule has 0 saturated carbocycles. The van der Waals surface area contributed by atoms with Gasteiger partial charge in [-0.15, -0.1) is 0 Å². The first kappa shape index (κ1) is 15.1. The molecule has 21 heavy (non-hydrogen) atoms. The van der Waals surface area contributed by atoms with Gasteiger partial charge in [0.25, 0.3) is 0 Å². The summed E-state index contributed by atoms with van der Waals surface area (Å²) in [6, 6.07) is 0.854. The molecule has 1 heterocycles. The fraction of sp³-hybridized carbons (Fsp3) is 0.385. The zero-order valence-corrected chi connectivity index (χ0v) is 11.5. The zero-order chi connectivity index (χ0) is 15.7. The topological polar surface area (TPSA) is 52.7 Å². The fourth-order valence-corrected chi connectivity index (χ4v) is 2.12. The van der Waals surface area contributed by atoms with Crippen LogP contribution in [-0.4, -0.2) is 48.4 Å². The van der Waals surface area contributed by atoms with Crippen LogP contribution in [0, 0.1) is 17.5 Å². The predicted octanol–water partition coefficient (Wildman–Crippen LogP) is 1.09. The number of hydrogen-bond acceptors (Lipinski definition) is 2. The molecule has 0 spiro atoms. The molecule has 1 aromatic carbocycles. The first-order valence-corrected chi connectivity index (χ1v) is 6.21. The zero-order valence-electron chi connectivity index (χ0n) is 11.5. The first-order valence-electron chi connectivity index (χ1n) is 6.21. The highest BCUT2D eigenvalue weighted by molar-refractivity contribution is 5.90. The van der Waals surface area contributed by atoms with Gasteiger partial charge >= 0.3 is 6.03 Å². The average molecular weight is 301 g/mol. The van der Waals surface area contributed by atoms with E-state index in [1.165, 1.54) is 16.8 Å². The SMILES string of the molecule is CN1CC(C(=O)NCc2ccc(F)c(F)c2F)N(C)C1=O. The van der Waals surface area contributed by atoms with Crippen LogP contribution in [-0.2, 0) is 11.3 Å². The van der Waals surface area contributed by atoms with Crippen LogP contribution in [0.2, 0.25) is 0 Å². The maximum Gasteiger partial charge on any atom is 0.320 e. The Bertz CT molecular complexity index is 594. The van der Waals surface area contributed by atoms with Gasteiger partial charge < -0.3 is 15.1 Å². The molecule has 1 saturated heterocycles. The predicted molar refractivity (Wildman–Crippen MR) is 67.7 cm³/mol. The van der Waals surface area contributed by atoms with E-state index in [4.69, 9.17) is 0 Å². The van der Waals surface area contributed by atoms with Crippen LogP contribution < -0.4 is 5.32 Å². The van der Waals surface area contributed by atoms with Crippen molar-refractivity contribution in [3.8, 4) is 0 Å². The van der Waals surface area contributed by atoms with E-state index in [0.717, 1.165) is 12.1 Å². The van der Waals surface area contributed by atoms with Gasteiger partial charge in [-0.05, 0) is 6.07 Å². The molecule has 5 nitrogen and oxygen atoms in total. The molecule has 0 radical (unpaired) electrons. The smallest absolute Gasteiger partial charge is 0.320 e. The van der Waals surface area contributed by atoms with Gasteiger partial charge in [0.15, 0.2) is 17.5 Å². The number of nitrogens with one attached hydrogen (secondary N) is 1. The van der Waals surface area contributed by atoms with Crippen LogP contribution in [0.15, 0.2) is 12.1 Å². The van der Waals surface area contributed by atoms with Crippen LogP contribution in [0.25, 0.3) is 0 Å². The number of nitrogens with zero attached hydrogens (tertiary/aromatic N) is 2. The van der Waals surface area contributed by atoms with Crippen LogP contribution in [0.3, 0.4) is 0 Å². The summed E-state index contributed by atoms with van der Waals surface area (Å²) in [5.41, 5.74) is -0.164. The summed E-state index contributed by atoms with van der Waals surface area (Å²) in [5.74, 6) is -4.68. The lowest BCUT2D eigenvalue weighted by Crippen LogP contribution is -2.43. The van der Waals surface area contributed by atoms with Gasteiger partial charge in [-0.3, -0.25) is 4.79 Å². The number of urea groups is 1. The summed E-state index contributed by atoms with van der Waals surface area (Å²) in [6.07, 6.45) is 0. The Morgan fingerprint density at radius 3 is 2.52 bits per heavy atom. The Hall–Kier alpha value is -2.25. The summed E-state index contributed by atoms with van der Waals surface area (Å²) in [5, 5.41) is 2.41. The minimum atomic E-state index is -1.57. The number of amides is 3. The number of halogens is 3. The van der Waals surface area contributed by atoms with Gasteiger partial charge in [0, 0.05) is 26.2 Å². The highest BCUT2D eigenvalue weighted by Crippen LogP contribution is 2.16. The quantitative estimate of drug-likeness (QED) is 0.850. The molecule has 1 unspecified atom stereocenters. The Morgan fingerprint density at radius 2 is 1.95 bits per heavy atom. The second-order valence-electron chi connectivity index (χ2n) is 4.84. The Morgan fingerprint density at radius 1 is 1.29 bits per heavy atom. The molecule has 1 aliphatic heterocycles. The van der Waals surface area contributed by atoms with Crippen molar-refractivity contribution in [1.29, 1.82) is 0 Å². The van der Waals surface area contributed by atoms with E-state index in [1.807, 2.05) is 0 Å². The molecular formula is C13H14F3N3O2. The fourth-order valence-electron chi connectivity index (χ4n) is 2.12. The van der Waals surface area contributed by atoms with Gasteiger partial charge in [0.05, 0.1) is 6.54 Å². The molecule has 1 aromatic rings. The Kier molecular flexibility index (Phi) is 4.06. The Labute approximate surface area is 119 Å². The summed E-state index contributed by atoms with van der Waals surface area (Å²) >= 11 is 0. The number of carbonyl (C=O) groups is 2. The van der Waals surface area contributed by atoms with E-state index < -0.39 is 29.4 Å². The largest absolute Gasteiger partial charge is 0.350 e. The third kappa shape index (κ3) is 2.79. The average Bonchev–Trinajstić information content (AvgIpc) is 2.71. The first-order chi connectivity index (χ1) is 9.82. The van der Waals surface area contributed by atoms with Crippen molar-refractivity contribution in [3.05, 3.63) is 35.1 Å². The number of hydrogen-bond donors (Lipinski definition) is 1. The normalized spacial score (nSPS) is 18.3. The molecule has 3 amide bonds. The van der Waals surface area contributed by atoms with Gasteiger partial charge in [0.1, 0.15) is 6.04 Å². The lowest BCUT2D eigenvalue weighted by molar-refractivity contribution is -0.124. The van der Waals surface area contributed by atoms with Crippen LogP contribution in [0.1, 0.15) is 5.56 Å². The van der Waals surface area contributed by atoms with Crippen molar-refractivity contribution in [2.75, 3.05) is 20.6 Å². The minimum Gasteiger partial charge on any atom is -0.350 e. The highest BCUT2D eigenvalue weighted by Gasteiger charge is 2.36. The Balaban J connectivity index is 2.02. The van der Waals surface area contributed by atoms with Crippen LogP contribution in [0.4, 0.5) is 18.0 Å². The second kappa shape index (κ2) is 5.63. The van der Waals surface area contributed by atoms with Crippen molar-refractivity contribution in [2.45, 2.75) is 12.6 Å². The van der Waals surface area contributed by atoms with E-state index >= 15 is 0 Å². The van der Waals surface area contributed by atoms with Crippen molar-refractivity contribution in [3.63, 3.8) is 0 Å². The van der Waals surface area contributed by atoms with E-state index in [9.17, 15) is 22.8 Å². The van der Waals surface area contributed by atoms with Crippen LogP contribution in [0.5, 0.6) is 0 Å². The molecule has 2 rings (SSSR count). The van der Waals surface area contributed by atoms with Crippen LogP contribution >= 0.6 is 0 Å². The van der Waals surface area contributed by atoms with Gasteiger partial charge in [-0.1, -0.05) is 6.07 Å². The highest BCUT2D eigenvalue weighted by atomic mass is 19.2. The van der Waals surface area contributed by atoms with Crippen molar-refractivity contribution in [2.24, 2.45) is 0 Å². The molecular weight excluding hydrogens is 287 g/mol. The monoisotopic (exact) mass is 301 g/mol. The lowest BCUT2D eigenvalue weighted by atomic mass is 10.2. The summed E-state index contributed by atoms with van der Waals surface area (Å²) < 4.78 is 39.3. The number of benzene rings is 1. The minimum absolute atomic E-state index is 0.164. The second-order valence-corrected chi connectivity index (χ2v) is 4.84. The number of carbonyl (C=O) groups excluding carboxylic acids is 2. The van der Waals surface area contributed by atoms with Gasteiger partial charge in [0.2, 0.25) is 5.91 Å². The standard InChI is InChI=1S/C13H14F3N3O2/c1-18-6-9(19(2)13(18)21)12(20)17-5-7-3-4-8(14)11(16)10(7)15/h3-4,9H,5-6H2,1-2H3,(H,17,20). The summed E-state index contributed by atoms with van der Waals surface area (Å²) in [4.78, 5) is 26.2. The molecule has 1 N–H and O–H groups in total. The number of rotatable bonds is 3. The summed E-state index contributed by atoms with van der Waals surface area (Å²) in [7, 11) is 3.04. The molecule has 1 fully saturated rings. The third-order valence-corrected chi connectivity index (χ3v) is 3.41. The molecule has 0 aromatic heterocycles. The lowest BCUT2D eigenvalue weighted by Gasteiger charge is -2.17. The van der Waals surface area contributed by atoms with E-state index in [0.29, 0.717) is 0 Å². The molecule has 0 aliphatic carbocycles. The molecule has 0 bridgehead atoms. The maximum absolute atomic E-state index is 13.5. The van der Waals surface area contributed by atoms with E-state index in [2.05, 4.69) is 5.32 Å². The van der Waals surface area contributed by atoms with E-state index in [1.54, 1.807) is 7.05 Å². The molecule has 1 atom stereocenters. The van der Waals surface area contributed by atoms with E-state index in [-0.39, 0.29) is 24.7 Å². The molecule has 114 valence electrons. The van der Waals surface area contributed by atoms with Gasteiger partial charge in [-0.25, -0.2) is 18.0 Å². The maximum atomic E-state index is 13.5.